The maximum Gasteiger partial charge on any atom is 0.411 e. The molecule has 0 aliphatic carbocycles. The van der Waals surface area contributed by atoms with Crippen LogP contribution in [0.2, 0.25) is 0 Å². The van der Waals surface area contributed by atoms with Crippen molar-refractivity contribution in [1.29, 1.82) is 0 Å². The minimum absolute atomic E-state index is 0.214. The van der Waals surface area contributed by atoms with Crippen LogP contribution < -0.4 is 0 Å². The fourth-order valence-corrected chi connectivity index (χ4v) is 5.35. The number of aromatic hydroxyl groups is 1. The van der Waals surface area contributed by atoms with Gasteiger partial charge in [0, 0.05) is 44.9 Å². The van der Waals surface area contributed by atoms with Gasteiger partial charge in [-0.1, -0.05) is 42.5 Å². The van der Waals surface area contributed by atoms with Crippen molar-refractivity contribution in [2.75, 3.05) is 13.1 Å². The fraction of sp³-hybridized carbons (Fsp3) is 0.333. The van der Waals surface area contributed by atoms with Gasteiger partial charge in [0.25, 0.3) is 0 Å². The van der Waals surface area contributed by atoms with Crippen molar-refractivity contribution < 1.29 is 14.6 Å². The van der Waals surface area contributed by atoms with Crippen molar-refractivity contribution in [3.8, 4) is 5.75 Å². The second-order valence-electron chi connectivity index (χ2n) is 9.18. The zero-order valence-electron chi connectivity index (χ0n) is 18.9. The normalized spacial score (nSPS) is 22.5. The molecule has 0 radical (unpaired) electrons. The molecule has 1 unspecified atom stereocenters. The highest BCUT2D eigenvalue weighted by atomic mass is 16.6. The van der Waals surface area contributed by atoms with Crippen molar-refractivity contribution in [3.63, 3.8) is 0 Å². The number of pyridine rings is 1. The van der Waals surface area contributed by atoms with Gasteiger partial charge in [0.15, 0.2) is 0 Å². The lowest BCUT2D eigenvalue weighted by atomic mass is 9.70. The molecule has 2 aromatic carbocycles. The number of phenols is 1. The predicted molar refractivity (Wildman–Crippen MR) is 125 cm³/mol. The lowest BCUT2D eigenvalue weighted by molar-refractivity contribution is -0.0614. The summed E-state index contributed by atoms with van der Waals surface area (Å²) in [5.41, 5.74) is 2.07. The van der Waals surface area contributed by atoms with Crippen LogP contribution in [0.5, 0.6) is 5.75 Å². The summed E-state index contributed by atoms with van der Waals surface area (Å²) in [7, 11) is 0. The van der Waals surface area contributed by atoms with Crippen molar-refractivity contribution >= 4 is 6.09 Å². The summed E-state index contributed by atoms with van der Waals surface area (Å²) in [4.78, 5) is 21.7. The smallest absolute Gasteiger partial charge is 0.411 e. The molecule has 33 heavy (non-hydrogen) atoms. The van der Waals surface area contributed by atoms with E-state index in [9.17, 15) is 9.90 Å². The summed E-state index contributed by atoms with van der Waals surface area (Å²) in [5.74, 6) is 0.214. The van der Waals surface area contributed by atoms with Crippen LogP contribution >= 0.6 is 0 Å². The molecule has 5 rings (SSSR count). The van der Waals surface area contributed by atoms with Gasteiger partial charge >= 0.3 is 6.09 Å². The third-order valence-corrected chi connectivity index (χ3v) is 7.36. The first kappa shape index (κ1) is 21.5. The van der Waals surface area contributed by atoms with Crippen LogP contribution in [-0.4, -0.2) is 44.7 Å². The van der Waals surface area contributed by atoms with E-state index in [1.54, 1.807) is 12.1 Å². The maximum absolute atomic E-state index is 13.3. The highest BCUT2D eigenvalue weighted by molar-refractivity contribution is 5.73. The van der Waals surface area contributed by atoms with Crippen molar-refractivity contribution in [1.82, 2.24) is 14.8 Å². The minimum Gasteiger partial charge on any atom is -0.508 e. The zero-order valence-corrected chi connectivity index (χ0v) is 18.9. The zero-order chi connectivity index (χ0) is 22.9. The largest absolute Gasteiger partial charge is 0.508 e. The number of piperidine rings is 1. The Bertz CT molecular complexity index is 1100. The van der Waals surface area contributed by atoms with E-state index in [4.69, 9.17) is 4.74 Å². The van der Waals surface area contributed by atoms with Crippen molar-refractivity contribution in [3.05, 3.63) is 95.8 Å². The topological polar surface area (TPSA) is 65.9 Å². The summed E-state index contributed by atoms with van der Waals surface area (Å²) >= 11 is 0. The van der Waals surface area contributed by atoms with Gasteiger partial charge in [-0.15, -0.1) is 0 Å². The number of carbonyl (C=O) groups is 1. The SMILES string of the molecule is CC1(c2ccccc2)N(Cc2ccc(O)cc2)C(=O)OC12CCN(Cc1ccncc1)CC2. The molecule has 0 bridgehead atoms. The van der Waals surface area contributed by atoms with Crippen LogP contribution in [0.1, 0.15) is 36.5 Å². The minimum atomic E-state index is -0.605. The van der Waals surface area contributed by atoms with Crippen LogP contribution in [0, 0.1) is 0 Å². The molecular formula is C27H29N3O3. The molecular weight excluding hydrogens is 414 g/mol. The van der Waals surface area contributed by atoms with E-state index in [-0.39, 0.29) is 11.8 Å². The Morgan fingerprint density at radius 2 is 1.55 bits per heavy atom. The van der Waals surface area contributed by atoms with Crippen LogP contribution in [0.15, 0.2) is 79.1 Å². The van der Waals surface area contributed by atoms with Crippen LogP contribution in [-0.2, 0) is 23.4 Å². The number of amides is 1. The highest BCUT2D eigenvalue weighted by Gasteiger charge is 2.63. The Kier molecular flexibility index (Phi) is 5.54. The lowest BCUT2D eigenvalue weighted by Crippen LogP contribution is -2.58. The summed E-state index contributed by atoms with van der Waals surface area (Å²) in [6.45, 7) is 5.14. The summed E-state index contributed by atoms with van der Waals surface area (Å²) < 4.78 is 6.27. The second kappa shape index (κ2) is 8.52. The standard InChI is InChI=1S/C27H29N3O3/c1-26(23-5-3-2-4-6-23)27(13-17-29(18-14-27)19-22-11-15-28-16-12-22)33-25(32)30(26)20-21-7-9-24(31)10-8-21/h2-12,15-16,31H,13-14,17-20H2,1H3. The van der Waals surface area contributed by atoms with Gasteiger partial charge < -0.3 is 9.84 Å². The maximum atomic E-state index is 13.3. The Labute approximate surface area is 194 Å². The Morgan fingerprint density at radius 1 is 0.909 bits per heavy atom. The number of nitrogens with zero attached hydrogens (tertiary/aromatic N) is 3. The van der Waals surface area contributed by atoms with Crippen LogP contribution in [0.25, 0.3) is 0 Å². The monoisotopic (exact) mass is 443 g/mol. The number of carbonyl (C=O) groups excluding carboxylic acids is 1. The van der Waals surface area contributed by atoms with Gasteiger partial charge in [-0.05, 0) is 47.9 Å². The molecule has 2 aliphatic heterocycles. The van der Waals surface area contributed by atoms with Gasteiger partial charge in [0.1, 0.15) is 16.9 Å². The van der Waals surface area contributed by atoms with Gasteiger partial charge in [-0.25, -0.2) is 4.79 Å². The van der Waals surface area contributed by atoms with E-state index in [2.05, 4.69) is 28.9 Å². The molecule has 3 aromatic rings. The first-order valence-electron chi connectivity index (χ1n) is 11.5. The molecule has 2 saturated heterocycles. The number of benzene rings is 2. The van der Waals surface area contributed by atoms with E-state index >= 15 is 0 Å². The quantitative estimate of drug-likeness (QED) is 0.620. The predicted octanol–water partition coefficient (Wildman–Crippen LogP) is 4.69. The third-order valence-electron chi connectivity index (χ3n) is 7.36. The molecule has 1 N–H and O–H groups in total. The first-order chi connectivity index (χ1) is 16.0. The number of rotatable bonds is 5. The van der Waals surface area contributed by atoms with Gasteiger partial charge in [-0.3, -0.25) is 14.8 Å². The number of hydrogen-bond donors (Lipinski definition) is 1. The van der Waals surface area contributed by atoms with Crippen molar-refractivity contribution in [2.24, 2.45) is 0 Å². The van der Waals surface area contributed by atoms with E-state index in [0.29, 0.717) is 6.54 Å². The third kappa shape index (κ3) is 3.85. The molecule has 0 saturated carbocycles. The van der Waals surface area contributed by atoms with Gasteiger partial charge in [0.2, 0.25) is 0 Å². The van der Waals surface area contributed by atoms with Crippen LogP contribution in [0.4, 0.5) is 4.79 Å². The second-order valence-corrected chi connectivity index (χ2v) is 9.18. The molecule has 1 aromatic heterocycles. The molecule has 6 heteroatoms. The average Bonchev–Trinajstić information content (AvgIpc) is 3.05. The van der Waals surface area contributed by atoms with E-state index in [0.717, 1.165) is 43.6 Å². The molecule has 2 aliphatic rings. The van der Waals surface area contributed by atoms with E-state index < -0.39 is 11.1 Å². The average molecular weight is 444 g/mol. The summed E-state index contributed by atoms with van der Waals surface area (Å²) in [6.07, 6.45) is 4.90. The number of hydrogen-bond acceptors (Lipinski definition) is 5. The molecule has 1 amide bonds. The van der Waals surface area contributed by atoms with E-state index in [1.807, 2.05) is 59.8 Å². The molecule has 170 valence electrons. The Morgan fingerprint density at radius 3 is 2.21 bits per heavy atom. The van der Waals surface area contributed by atoms with E-state index in [1.165, 1.54) is 5.56 Å². The number of phenolic OH excluding ortho intramolecular Hbond substituents is 1. The summed E-state index contributed by atoms with van der Waals surface area (Å²) in [6, 6.07) is 21.4. The highest BCUT2D eigenvalue weighted by Crippen LogP contribution is 2.52. The molecule has 2 fully saturated rings. The van der Waals surface area contributed by atoms with Crippen molar-refractivity contribution in [2.45, 2.75) is 44.0 Å². The summed E-state index contributed by atoms with van der Waals surface area (Å²) in [5, 5.41) is 9.67. The molecule has 3 heterocycles. The van der Waals surface area contributed by atoms with Gasteiger partial charge in [0.05, 0.1) is 6.54 Å². The fourth-order valence-electron chi connectivity index (χ4n) is 5.35. The van der Waals surface area contributed by atoms with Crippen LogP contribution in [0.3, 0.4) is 0 Å². The lowest BCUT2D eigenvalue weighted by Gasteiger charge is -2.48. The molecule has 6 nitrogen and oxygen atoms in total. The number of likely N-dealkylation sites (tertiary alicyclic amines) is 1. The molecule has 1 atom stereocenters. The van der Waals surface area contributed by atoms with Gasteiger partial charge in [-0.2, -0.15) is 0 Å². The number of ether oxygens (including phenoxy) is 1. The Hall–Kier alpha value is -3.38. The first-order valence-corrected chi connectivity index (χ1v) is 11.5. The Balaban J connectivity index is 1.44. The number of aromatic nitrogens is 1. The molecule has 1 spiro atoms.